The summed E-state index contributed by atoms with van der Waals surface area (Å²) in [6, 6.07) is 26.4. The number of fused-ring (bicyclic) bond motifs is 2. The minimum absolute atomic E-state index is 0.235. The van der Waals surface area contributed by atoms with Crippen LogP contribution in [0.15, 0.2) is 72.8 Å². The molecule has 0 saturated heterocycles. The molecule has 0 N–H and O–H groups in total. The van der Waals surface area contributed by atoms with Gasteiger partial charge in [-0.25, -0.2) is 0 Å². The van der Waals surface area contributed by atoms with E-state index in [1.54, 1.807) is 0 Å². The van der Waals surface area contributed by atoms with Gasteiger partial charge in [-0.2, -0.15) is 0 Å². The summed E-state index contributed by atoms with van der Waals surface area (Å²) in [6.45, 7) is 5.26. The highest BCUT2D eigenvalue weighted by Gasteiger charge is 2.38. The Balaban J connectivity index is 1.76. The second-order valence-electron chi connectivity index (χ2n) is 7.86. The number of rotatable bonds is 1. The largest absolute Gasteiger partial charge is 0.472 e. The molecule has 0 aromatic heterocycles. The van der Waals surface area contributed by atoms with Crippen LogP contribution in [0.5, 0.6) is 5.75 Å². The summed E-state index contributed by atoms with van der Waals surface area (Å²) < 4.78 is 6.16. The van der Waals surface area contributed by atoms with E-state index in [0.29, 0.717) is 6.73 Å². The molecule has 0 bridgehead atoms. The topological polar surface area (TPSA) is 12.5 Å². The molecule has 0 spiro atoms. The van der Waals surface area contributed by atoms with Crippen molar-refractivity contribution in [2.75, 3.05) is 11.6 Å². The fourth-order valence-corrected chi connectivity index (χ4v) is 5.11. The van der Waals surface area contributed by atoms with Crippen molar-refractivity contribution in [3.63, 3.8) is 0 Å². The number of nitrogens with zero attached hydrogens (tertiary/aromatic N) is 1. The highest BCUT2D eigenvalue weighted by atomic mass is 16.5. The Hall–Kier alpha value is -3.20. The molecule has 0 radical (unpaired) electrons. The third-order valence-electron chi connectivity index (χ3n) is 6.31. The molecule has 2 aliphatic heterocycles. The van der Waals surface area contributed by atoms with Crippen LogP contribution in [0.25, 0.3) is 10.8 Å². The van der Waals surface area contributed by atoms with Gasteiger partial charge in [0.2, 0.25) is 6.71 Å². The Morgan fingerprint density at radius 3 is 2.43 bits per heavy atom. The summed E-state index contributed by atoms with van der Waals surface area (Å²) in [5.41, 5.74) is 9.42. The lowest BCUT2D eigenvalue weighted by Gasteiger charge is -2.40. The van der Waals surface area contributed by atoms with Gasteiger partial charge >= 0.3 is 0 Å². The van der Waals surface area contributed by atoms with E-state index in [1.807, 2.05) is 0 Å². The molecule has 0 saturated carbocycles. The minimum Gasteiger partial charge on any atom is -0.472 e. The molecule has 134 valence electrons. The fourth-order valence-electron chi connectivity index (χ4n) is 5.11. The Bertz CT molecular complexity index is 1240. The number of benzene rings is 4. The molecule has 4 aromatic rings. The fraction of sp³-hybridized carbons (Fsp3) is 0.120. The van der Waals surface area contributed by atoms with Crippen molar-refractivity contribution in [2.45, 2.75) is 13.8 Å². The van der Waals surface area contributed by atoms with Crippen LogP contribution in [-0.4, -0.2) is 13.4 Å². The molecule has 2 heterocycles. The molecular formula is C25H20BNO. The van der Waals surface area contributed by atoms with Crippen LogP contribution in [0.2, 0.25) is 0 Å². The second-order valence-corrected chi connectivity index (χ2v) is 7.86. The number of hydrogen-bond donors (Lipinski definition) is 0. The van der Waals surface area contributed by atoms with Crippen LogP contribution >= 0.6 is 0 Å². The number of hydrogen-bond acceptors (Lipinski definition) is 2. The van der Waals surface area contributed by atoms with Crippen molar-refractivity contribution in [1.29, 1.82) is 0 Å². The van der Waals surface area contributed by atoms with E-state index in [-0.39, 0.29) is 6.71 Å². The zero-order chi connectivity index (χ0) is 18.8. The minimum atomic E-state index is 0.235. The first-order valence-corrected chi connectivity index (χ1v) is 9.85. The van der Waals surface area contributed by atoms with Gasteiger partial charge < -0.3 is 9.64 Å². The van der Waals surface area contributed by atoms with Crippen molar-refractivity contribution < 1.29 is 4.74 Å². The molecule has 0 amide bonds. The average molecular weight is 361 g/mol. The van der Waals surface area contributed by atoms with E-state index in [1.165, 1.54) is 49.7 Å². The number of para-hydroxylation sites is 1. The van der Waals surface area contributed by atoms with Crippen LogP contribution in [0, 0.1) is 13.8 Å². The summed E-state index contributed by atoms with van der Waals surface area (Å²) >= 11 is 0. The van der Waals surface area contributed by atoms with Gasteiger partial charge in [0.25, 0.3) is 0 Å². The first-order chi connectivity index (χ1) is 13.7. The van der Waals surface area contributed by atoms with Gasteiger partial charge in [-0.3, -0.25) is 0 Å². The maximum Gasteiger partial charge on any atom is 0.247 e. The standard InChI is InChI=1S/C25H20BNO/c1-16-7-5-8-17(2)24(16)26-19-10-3-4-11-21(19)27-15-28-22-12-6-9-18-13-14-20(26)25(27)23(18)22/h3-14H,15H2,1-2H3. The molecular weight excluding hydrogens is 341 g/mol. The van der Waals surface area contributed by atoms with E-state index < -0.39 is 0 Å². The SMILES string of the molecule is Cc1cccc(C)c1B1c2ccccc2N2COc3cccc4ccc1c2c34. The third kappa shape index (κ3) is 1.99. The second kappa shape index (κ2) is 5.65. The van der Waals surface area contributed by atoms with Gasteiger partial charge in [0.1, 0.15) is 5.75 Å². The molecule has 0 aliphatic carbocycles. The van der Waals surface area contributed by atoms with E-state index in [9.17, 15) is 0 Å². The van der Waals surface area contributed by atoms with Crippen molar-refractivity contribution in [3.05, 3.63) is 83.9 Å². The molecule has 2 aliphatic rings. The molecule has 6 rings (SSSR count). The van der Waals surface area contributed by atoms with Crippen LogP contribution < -0.4 is 26.0 Å². The molecule has 0 unspecified atom stereocenters. The average Bonchev–Trinajstić information content (AvgIpc) is 2.72. The lowest BCUT2D eigenvalue weighted by Crippen LogP contribution is -2.60. The van der Waals surface area contributed by atoms with Crippen molar-refractivity contribution in [2.24, 2.45) is 0 Å². The summed E-state index contributed by atoms with van der Waals surface area (Å²) in [4.78, 5) is 2.35. The summed E-state index contributed by atoms with van der Waals surface area (Å²) in [5, 5.41) is 2.47. The Morgan fingerprint density at radius 2 is 1.57 bits per heavy atom. The van der Waals surface area contributed by atoms with Gasteiger partial charge in [0.05, 0.1) is 5.69 Å². The molecule has 4 aromatic carbocycles. The van der Waals surface area contributed by atoms with Crippen LogP contribution in [-0.2, 0) is 0 Å². The predicted octanol–water partition coefficient (Wildman–Crippen LogP) is 3.77. The highest BCUT2D eigenvalue weighted by molar-refractivity contribution is 6.98. The first kappa shape index (κ1) is 15.8. The third-order valence-corrected chi connectivity index (χ3v) is 6.31. The zero-order valence-corrected chi connectivity index (χ0v) is 16.1. The normalized spacial score (nSPS) is 14.1. The van der Waals surface area contributed by atoms with Crippen molar-refractivity contribution in [3.8, 4) is 5.75 Å². The molecule has 2 nitrogen and oxygen atoms in total. The number of anilines is 2. The van der Waals surface area contributed by atoms with Gasteiger partial charge in [0, 0.05) is 11.1 Å². The van der Waals surface area contributed by atoms with Gasteiger partial charge in [-0.15, -0.1) is 0 Å². The Morgan fingerprint density at radius 1 is 0.786 bits per heavy atom. The Kier molecular flexibility index (Phi) is 3.19. The maximum absolute atomic E-state index is 6.16. The summed E-state index contributed by atoms with van der Waals surface area (Å²) in [7, 11) is 0. The van der Waals surface area contributed by atoms with Gasteiger partial charge in [0.15, 0.2) is 6.73 Å². The van der Waals surface area contributed by atoms with E-state index in [4.69, 9.17) is 4.74 Å². The van der Waals surface area contributed by atoms with Crippen molar-refractivity contribution >= 4 is 45.2 Å². The zero-order valence-electron chi connectivity index (χ0n) is 16.1. The van der Waals surface area contributed by atoms with E-state index >= 15 is 0 Å². The van der Waals surface area contributed by atoms with Gasteiger partial charge in [-0.05, 0) is 42.3 Å². The molecule has 28 heavy (non-hydrogen) atoms. The highest BCUT2D eigenvalue weighted by Crippen LogP contribution is 2.41. The van der Waals surface area contributed by atoms with Gasteiger partial charge in [-0.1, -0.05) is 77.3 Å². The predicted molar refractivity (Wildman–Crippen MR) is 119 cm³/mol. The van der Waals surface area contributed by atoms with E-state index in [0.717, 1.165) is 5.75 Å². The van der Waals surface area contributed by atoms with Crippen molar-refractivity contribution in [1.82, 2.24) is 0 Å². The summed E-state index contributed by atoms with van der Waals surface area (Å²) in [6.07, 6.45) is 0. The quantitative estimate of drug-likeness (QED) is 0.479. The van der Waals surface area contributed by atoms with Crippen LogP contribution in [0.4, 0.5) is 11.4 Å². The first-order valence-electron chi connectivity index (χ1n) is 9.85. The maximum atomic E-state index is 6.16. The molecule has 0 atom stereocenters. The Labute approximate surface area is 165 Å². The number of aryl methyl sites for hydroxylation is 2. The lowest BCUT2D eigenvalue weighted by atomic mass is 9.33. The summed E-state index contributed by atoms with van der Waals surface area (Å²) in [5.74, 6) is 0.991. The molecule has 0 fully saturated rings. The number of ether oxygens (including phenoxy) is 1. The van der Waals surface area contributed by atoms with Crippen LogP contribution in [0.1, 0.15) is 11.1 Å². The molecule has 3 heteroatoms. The monoisotopic (exact) mass is 361 g/mol. The smallest absolute Gasteiger partial charge is 0.247 e. The van der Waals surface area contributed by atoms with E-state index in [2.05, 4.69) is 91.5 Å². The lowest BCUT2D eigenvalue weighted by molar-refractivity contribution is 0.325. The van der Waals surface area contributed by atoms with Crippen LogP contribution in [0.3, 0.4) is 0 Å².